The zero-order valence-corrected chi connectivity index (χ0v) is 54.2. The number of esters is 4. The standard InChI is InChI=1S/C63H122O17P2/c1-5-9-13-17-21-24-27-28-29-31-34-38-42-46-50-63(68)80-59(54-74-61(66)48-44-40-36-33-30-25-22-18-14-10-6-2)56-78-82(71,72)76-52-57(64)51-75-81(69,70)77-55-58(53-73-60(65)47-43-39-35-20-16-12-8-4)79-62(67)49-45-41-37-32-26-23-19-15-11-7-3/h57-59,64H,5-56H2,1-4H3,(H,69,70)(H,71,72)/t57-,58+,59+/m0/s1. The van der Waals surface area contributed by atoms with Crippen LogP contribution < -0.4 is 0 Å². The number of unbranched alkanes of at least 4 members (excludes halogenated alkanes) is 38. The minimum atomic E-state index is -4.94. The SMILES string of the molecule is CCCCCCCCCCCCCCCCC(=O)O[C@H](COC(=O)CCCCCCCCCCCCC)COP(=O)(O)OC[C@@H](O)COP(=O)(O)OC[C@@H](COC(=O)CCCCCCCCC)OC(=O)CCCCCCCCCCCC. The first kappa shape index (κ1) is 80.1. The summed E-state index contributed by atoms with van der Waals surface area (Å²) in [6, 6.07) is 0. The molecule has 0 spiro atoms. The van der Waals surface area contributed by atoms with E-state index in [-0.39, 0.29) is 25.7 Å². The number of carbonyl (C=O) groups excluding carboxylic acids is 4. The van der Waals surface area contributed by atoms with Gasteiger partial charge in [-0.2, -0.15) is 0 Å². The topological polar surface area (TPSA) is 237 Å². The van der Waals surface area contributed by atoms with Crippen molar-refractivity contribution in [2.75, 3.05) is 39.6 Å². The predicted molar refractivity (Wildman–Crippen MR) is 326 cm³/mol. The molecule has 5 atom stereocenters. The number of phosphoric acid groups is 2. The normalized spacial score (nSPS) is 14.2. The van der Waals surface area contributed by atoms with Crippen LogP contribution in [0.5, 0.6) is 0 Å². The quantitative estimate of drug-likeness (QED) is 0.0222. The summed E-state index contributed by atoms with van der Waals surface area (Å²) in [5.41, 5.74) is 0. The van der Waals surface area contributed by atoms with Gasteiger partial charge in [0.1, 0.15) is 19.3 Å². The number of aliphatic hydroxyl groups excluding tert-OH is 1. The summed E-state index contributed by atoms with van der Waals surface area (Å²) in [6.07, 6.45) is 43.0. The van der Waals surface area contributed by atoms with Crippen LogP contribution in [0.4, 0.5) is 0 Å². The number of carbonyl (C=O) groups is 4. The van der Waals surface area contributed by atoms with Crippen LogP contribution >= 0.6 is 15.6 Å². The Labute approximate surface area is 498 Å². The van der Waals surface area contributed by atoms with Crippen molar-refractivity contribution >= 4 is 39.5 Å². The van der Waals surface area contributed by atoms with Crippen molar-refractivity contribution in [1.29, 1.82) is 0 Å². The van der Waals surface area contributed by atoms with E-state index in [2.05, 4.69) is 27.7 Å². The molecule has 0 saturated carbocycles. The lowest BCUT2D eigenvalue weighted by Crippen LogP contribution is -2.30. The van der Waals surface area contributed by atoms with E-state index in [1.165, 1.54) is 141 Å². The van der Waals surface area contributed by atoms with E-state index < -0.39 is 97.5 Å². The van der Waals surface area contributed by atoms with E-state index >= 15 is 0 Å². The lowest BCUT2D eigenvalue weighted by atomic mass is 10.0. The zero-order valence-electron chi connectivity index (χ0n) is 52.5. The van der Waals surface area contributed by atoms with E-state index in [1.54, 1.807) is 0 Å². The van der Waals surface area contributed by atoms with Gasteiger partial charge in [0.05, 0.1) is 26.4 Å². The van der Waals surface area contributed by atoms with E-state index in [1.807, 2.05) is 0 Å². The first-order valence-electron chi connectivity index (χ1n) is 33.3. The maximum absolute atomic E-state index is 13.0. The summed E-state index contributed by atoms with van der Waals surface area (Å²) < 4.78 is 67.9. The van der Waals surface area contributed by atoms with Crippen LogP contribution in [-0.4, -0.2) is 96.7 Å². The van der Waals surface area contributed by atoms with Gasteiger partial charge in [-0.3, -0.25) is 37.3 Å². The van der Waals surface area contributed by atoms with Crippen molar-refractivity contribution in [1.82, 2.24) is 0 Å². The van der Waals surface area contributed by atoms with Crippen LogP contribution in [0.1, 0.15) is 323 Å². The molecule has 0 aromatic rings. The molecule has 82 heavy (non-hydrogen) atoms. The third kappa shape index (κ3) is 57.2. The molecule has 0 rings (SSSR count). The molecular formula is C63H122O17P2. The molecule has 3 N–H and O–H groups in total. The van der Waals surface area contributed by atoms with Gasteiger partial charge in [0.15, 0.2) is 12.2 Å². The first-order valence-corrected chi connectivity index (χ1v) is 36.3. The van der Waals surface area contributed by atoms with Gasteiger partial charge in [-0.05, 0) is 25.7 Å². The molecule has 0 aromatic carbocycles. The van der Waals surface area contributed by atoms with Gasteiger partial charge >= 0.3 is 39.5 Å². The van der Waals surface area contributed by atoms with Crippen LogP contribution in [0.2, 0.25) is 0 Å². The molecular weight excluding hydrogens is 1090 g/mol. The second-order valence-corrected chi connectivity index (χ2v) is 25.7. The fraction of sp³-hybridized carbons (Fsp3) is 0.937. The van der Waals surface area contributed by atoms with Gasteiger partial charge in [-0.1, -0.05) is 272 Å². The molecule has 0 aliphatic carbocycles. The van der Waals surface area contributed by atoms with Crippen LogP contribution in [0, 0.1) is 0 Å². The minimum Gasteiger partial charge on any atom is -0.462 e. The van der Waals surface area contributed by atoms with Gasteiger partial charge in [0.25, 0.3) is 0 Å². The summed E-state index contributed by atoms with van der Waals surface area (Å²) in [4.78, 5) is 72.0. The van der Waals surface area contributed by atoms with E-state index in [4.69, 9.17) is 37.0 Å². The second kappa shape index (κ2) is 58.1. The average molecular weight is 1210 g/mol. The fourth-order valence-corrected chi connectivity index (χ4v) is 11.0. The fourth-order valence-electron chi connectivity index (χ4n) is 9.46. The van der Waals surface area contributed by atoms with Crippen molar-refractivity contribution < 1.29 is 80.2 Å². The highest BCUT2D eigenvalue weighted by Gasteiger charge is 2.30. The van der Waals surface area contributed by atoms with Crippen LogP contribution in [0.25, 0.3) is 0 Å². The van der Waals surface area contributed by atoms with Crippen molar-refractivity contribution in [3.05, 3.63) is 0 Å². The number of hydrogen-bond acceptors (Lipinski definition) is 15. The Morgan fingerprint density at radius 2 is 0.488 bits per heavy atom. The van der Waals surface area contributed by atoms with E-state index in [0.29, 0.717) is 25.7 Å². The van der Waals surface area contributed by atoms with E-state index in [9.17, 15) is 43.2 Å². The first-order chi connectivity index (χ1) is 39.7. The molecule has 17 nitrogen and oxygen atoms in total. The highest BCUT2D eigenvalue weighted by atomic mass is 31.2. The van der Waals surface area contributed by atoms with Gasteiger partial charge in [0, 0.05) is 25.7 Å². The minimum absolute atomic E-state index is 0.106. The smallest absolute Gasteiger partial charge is 0.462 e. The number of ether oxygens (including phenoxy) is 4. The Bertz CT molecular complexity index is 1590. The van der Waals surface area contributed by atoms with Crippen LogP contribution in [0.15, 0.2) is 0 Å². The molecule has 0 aromatic heterocycles. The van der Waals surface area contributed by atoms with Crippen molar-refractivity contribution in [3.8, 4) is 0 Å². The summed E-state index contributed by atoms with van der Waals surface area (Å²) in [5, 5.41) is 10.5. The molecule has 0 radical (unpaired) electrons. The Morgan fingerprint density at radius 3 is 0.720 bits per heavy atom. The average Bonchev–Trinajstić information content (AvgIpc) is 3.46. The highest BCUT2D eigenvalue weighted by molar-refractivity contribution is 7.47. The van der Waals surface area contributed by atoms with Gasteiger partial charge in [0.2, 0.25) is 0 Å². The monoisotopic (exact) mass is 1210 g/mol. The molecule has 2 unspecified atom stereocenters. The maximum atomic E-state index is 13.0. The van der Waals surface area contributed by atoms with Crippen LogP contribution in [-0.2, 0) is 65.4 Å². The highest BCUT2D eigenvalue weighted by Crippen LogP contribution is 2.45. The molecule has 486 valence electrons. The molecule has 0 fully saturated rings. The van der Waals surface area contributed by atoms with Gasteiger partial charge < -0.3 is 33.8 Å². The molecule has 0 aliphatic heterocycles. The largest absolute Gasteiger partial charge is 0.472 e. The van der Waals surface area contributed by atoms with Crippen molar-refractivity contribution in [2.24, 2.45) is 0 Å². The third-order valence-electron chi connectivity index (χ3n) is 14.6. The summed E-state index contributed by atoms with van der Waals surface area (Å²) in [6.45, 7) is 4.84. The Balaban J connectivity index is 5.20. The van der Waals surface area contributed by atoms with Crippen LogP contribution in [0.3, 0.4) is 0 Å². The molecule has 0 amide bonds. The lowest BCUT2D eigenvalue weighted by molar-refractivity contribution is -0.161. The molecule has 0 bridgehead atoms. The van der Waals surface area contributed by atoms with E-state index in [0.717, 1.165) is 103 Å². The third-order valence-corrected chi connectivity index (χ3v) is 16.5. The van der Waals surface area contributed by atoms with Gasteiger partial charge in [-0.15, -0.1) is 0 Å². The zero-order chi connectivity index (χ0) is 60.5. The summed E-state index contributed by atoms with van der Waals surface area (Å²) in [5.74, 6) is -2.14. The second-order valence-electron chi connectivity index (χ2n) is 22.8. The Kier molecular flexibility index (Phi) is 56.7. The molecule has 19 heteroatoms. The molecule has 0 saturated heterocycles. The molecule has 0 aliphatic rings. The number of rotatable bonds is 64. The summed E-state index contributed by atoms with van der Waals surface area (Å²) >= 11 is 0. The predicted octanol–water partition coefficient (Wildman–Crippen LogP) is 17.5. The number of aliphatic hydroxyl groups is 1. The Hall–Kier alpha value is -1.94. The molecule has 0 heterocycles. The van der Waals surface area contributed by atoms with Crippen molar-refractivity contribution in [3.63, 3.8) is 0 Å². The maximum Gasteiger partial charge on any atom is 0.472 e. The lowest BCUT2D eigenvalue weighted by Gasteiger charge is -2.21. The Morgan fingerprint density at radius 1 is 0.293 bits per heavy atom. The van der Waals surface area contributed by atoms with Crippen molar-refractivity contribution in [2.45, 2.75) is 341 Å². The van der Waals surface area contributed by atoms with Gasteiger partial charge in [-0.25, -0.2) is 9.13 Å². The number of phosphoric ester groups is 2. The summed E-state index contributed by atoms with van der Waals surface area (Å²) in [7, 11) is -9.88. The number of hydrogen-bond donors (Lipinski definition) is 3.